The van der Waals surface area contributed by atoms with E-state index < -0.39 is 192 Å². The quantitative estimate of drug-likeness (QED) is 0.0735. The average molecular weight is 1210 g/mol. The average Bonchev–Trinajstić information content (AvgIpc) is 2.55. The zero-order chi connectivity index (χ0) is 60.2. The molecule has 3 saturated carbocycles. The van der Waals surface area contributed by atoms with Crippen LogP contribution in [-0.2, 0) is 56.8 Å². The normalized spacial score (nSPS) is 56.8. The molecule has 7 aliphatic heterocycles. The van der Waals surface area contributed by atoms with Crippen molar-refractivity contribution < 1.29 is 133 Å². The molecule has 0 aromatic rings. The molecular formula is C57H92O27. The molecule has 0 aromatic heterocycles. The van der Waals surface area contributed by atoms with Gasteiger partial charge in [0.05, 0.1) is 51.3 Å². The van der Waals surface area contributed by atoms with Crippen LogP contribution in [0.3, 0.4) is 0 Å². The first kappa shape index (κ1) is 64.2. The van der Waals surface area contributed by atoms with Crippen LogP contribution in [0.1, 0.15) is 92.4 Å². The monoisotopic (exact) mass is 1210 g/mol. The molecule has 482 valence electrons. The summed E-state index contributed by atoms with van der Waals surface area (Å²) < 4.78 is 73.3. The van der Waals surface area contributed by atoms with Crippen LogP contribution in [0.5, 0.6) is 0 Å². The third-order valence-corrected chi connectivity index (χ3v) is 21.9. The van der Waals surface area contributed by atoms with E-state index in [2.05, 4.69) is 33.8 Å². The van der Waals surface area contributed by atoms with E-state index in [9.17, 15) is 76.6 Å². The van der Waals surface area contributed by atoms with E-state index in [4.69, 9.17) is 56.8 Å². The predicted molar refractivity (Wildman–Crippen MR) is 279 cm³/mol. The van der Waals surface area contributed by atoms with Crippen LogP contribution in [0.25, 0.3) is 0 Å². The van der Waals surface area contributed by atoms with Gasteiger partial charge in [0.1, 0.15) is 116 Å². The third-order valence-electron chi connectivity index (χ3n) is 21.9. The second kappa shape index (κ2) is 25.0. The maximum Gasteiger partial charge on any atom is 0.187 e. The lowest BCUT2D eigenvalue weighted by atomic mass is 9.47. The summed E-state index contributed by atoms with van der Waals surface area (Å²) in [7, 11) is 0. The molecule has 84 heavy (non-hydrogen) atoms. The first-order valence-corrected chi connectivity index (χ1v) is 30.4. The fourth-order valence-electron chi connectivity index (χ4n) is 16.9. The summed E-state index contributed by atoms with van der Waals surface area (Å²) in [6.07, 6.45) is -33.7. The second-order valence-electron chi connectivity index (χ2n) is 26.7. The number of hydrogen-bond donors (Lipinski definition) is 15. The van der Waals surface area contributed by atoms with Crippen LogP contribution in [0, 0.1) is 46.3 Å². The van der Waals surface area contributed by atoms with Gasteiger partial charge in [0.25, 0.3) is 0 Å². The smallest absolute Gasteiger partial charge is 0.187 e. The van der Waals surface area contributed by atoms with Crippen molar-refractivity contribution in [3.05, 3.63) is 11.6 Å². The maximum atomic E-state index is 12.5. The van der Waals surface area contributed by atoms with E-state index in [1.807, 2.05) is 0 Å². The van der Waals surface area contributed by atoms with Crippen molar-refractivity contribution in [3.63, 3.8) is 0 Å². The van der Waals surface area contributed by atoms with Crippen LogP contribution < -0.4 is 0 Å². The van der Waals surface area contributed by atoms with E-state index in [-0.39, 0.29) is 16.9 Å². The minimum atomic E-state index is -2.11. The van der Waals surface area contributed by atoms with Gasteiger partial charge in [0.2, 0.25) is 0 Å². The molecule has 27 nitrogen and oxygen atoms in total. The SMILES string of the molecule is C[C@@H]1CC[C@@]2(OC1)O[C@H]1C[C@H]3[C@@H]4CC=C5C[C@@H](O[C@@H]6O[C@H](CO)[C@@H](O[C@@H]7O[C@H](CO)[C@@H](O)[C@H](O[C@@H]8O[C@H](CO[C@@H]9O[C@H](CO)[C@@H](O)[C@H](O)[C@H]9O)[C@@H](O)[C@H](O)[C@H]8O)[C@H]7O)[C@H](O)[C@H]6O[C@H]6O[C@H](C)[C@H](O)[C@H](O)[C@@H]6O)CC[C@]5(C)[C@H]4CC[C@]3(C)[C@H]1[C@@H]2C. The summed E-state index contributed by atoms with van der Waals surface area (Å²) in [6.45, 7) is 8.36. The Hall–Kier alpha value is -1.34. The van der Waals surface area contributed by atoms with Gasteiger partial charge in [-0.05, 0) is 98.7 Å². The van der Waals surface area contributed by atoms with Crippen molar-refractivity contribution in [3.8, 4) is 0 Å². The van der Waals surface area contributed by atoms with Crippen LogP contribution in [0.15, 0.2) is 11.6 Å². The molecular weight excluding hydrogens is 1120 g/mol. The van der Waals surface area contributed by atoms with Gasteiger partial charge in [-0.2, -0.15) is 0 Å². The molecule has 1 spiro atoms. The molecule has 0 radical (unpaired) electrons. The van der Waals surface area contributed by atoms with E-state index in [1.54, 1.807) is 0 Å². The first-order valence-electron chi connectivity index (χ1n) is 30.4. The minimum Gasteiger partial charge on any atom is -0.394 e. The Balaban J connectivity index is 0.783. The fourth-order valence-corrected chi connectivity index (χ4v) is 16.9. The standard InChI is InChI=1S/C57H92O27/c1-21-8-13-57(74-19-21)22(2)34-29(84-57)15-28-26-7-6-24-14-25(9-11-55(24,4)27(26)10-12-56(28,34)5)76-54-49(83-51-43(69)39(65)35(61)23(3)75-51)45(71)47(32(18-60)79-54)81-53-46(72)48(38(64)31(17-59)78-53)82-52-44(70)41(67)37(63)33(80-52)20-73-50-42(68)40(66)36(62)30(16-58)77-50/h6,21-23,25-54,58-72H,7-20H2,1-5H3/t21-,22+,23-,25+,26-,27+,28+,29+,30-,31-,32-,33-,34+,35+,36-,37-,38-,39+,40+,41+,42-,43+,44-,45+,46-,47-,48+,49-,50-,51-,52+,53+,54-,55+,56+,57-/m1/s1. The van der Waals surface area contributed by atoms with Gasteiger partial charge < -0.3 is 133 Å². The summed E-state index contributed by atoms with van der Waals surface area (Å²) >= 11 is 0. The topological polar surface area (TPSA) is 414 Å². The lowest BCUT2D eigenvalue weighted by molar-refractivity contribution is -0.397. The number of ether oxygens (including phenoxy) is 12. The van der Waals surface area contributed by atoms with Crippen molar-refractivity contribution >= 4 is 0 Å². The largest absolute Gasteiger partial charge is 0.394 e. The lowest BCUT2D eigenvalue weighted by Crippen LogP contribution is -2.68. The Morgan fingerprint density at radius 1 is 0.524 bits per heavy atom. The number of rotatable bonds is 14. The molecule has 10 fully saturated rings. The van der Waals surface area contributed by atoms with Gasteiger partial charge in [-0.3, -0.25) is 0 Å². The molecule has 27 heteroatoms. The van der Waals surface area contributed by atoms with Gasteiger partial charge >= 0.3 is 0 Å². The molecule has 11 rings (SSSR count). The molecule has 0 amide bonds. The Kier molecular flexibility index (Phi) is 19.1. The summed E-state index contributed by atoms with van der Waals surface area (Å²) in [5.41, 5.74) is 1.26. The van der Waals surface area contributed by atoms with E-state index >= 15 is 0 Å². The molecule has 0 unspecified atom stereocenters. The van der Waals surface area contributed by atoms with Crippen molar-refractivity contribution in [1.29, 1.82) is 0 Å². The van der Waals surface area contributed by atoms with Crippen molar-refractivity contribution in [2.24, 2.45) is 46.3 Å². The molecule has 11 aliphatic rings. The zero-order valence-electron chi connectivity index (χ0n) is 48.1. The highest BCUT2D eigenvalue weighted by Crippen LogP contribution is 2.71. The molecule has 0 aromatic carbocycles. The van der Waals surface area contributed by atoms with E-state index in [0.29, 0.717) is 48.3 Å². The summed E-state index contributed by atoms with van der Waals surface area (Å²) in [5, 5.41) is 163. The van der Waals surface area contributed by atoms with Gasteiger partial charge in [0, 0.05) is 12.3 Å². The van der Waals surface area contributed by atoms with Gasteiger partial charge in [-0.25, -0.2) is 0 Å². The number of aliphatic hydroxyl groups excluding tert-OH is 15. The molecule has 36 atom stereocenters. The van der Waals surface area contributed by atoms with Crippen molar-refractivity contribution in [2.45, 2.75) is 264 Å². The van der Waals surface area contributed by atoms with Crippen molar-refractivity contribution in [1.82, 2.24) is 0 Å². The lowest BCUT2D eigenvalue weighted by Gasteiger charge is -2.59. The Labute approximate surface area is 487 Å². The maximum absolute atomic E-state index is 12.5. The first-order chi connectivity index (χ1) is 39.9. The molecule has 0 bridgehead atoms. The van der Waals surface area contributed by atoms with Crippen LogP contribution in [0.2, 0.25) is 0 Å². The number of allylic oxidation sites excluding steroid dienone is 1. The van der Waals surface area contributed by atoms with Crippen LogP contribution in [-0.4, -0.2) is 281 Å². The molecule has 15 N–H and O–H groups in total. The predicted octanol–water partition coefficient (Wildman–Crippen LogP) is -4.14. The van der Waals surface area contributed by atoms with Gasteiger partial charge in [0.15, 0.2) is 37.2 Å². The Bertz CT molecular complexity index is 2240. The Morgan fingerprint density at radius 2 is 1.11 bits per heavy atom. The zero-order valence-corrected chi connectivity index (χ0v) is 48.1. The van der Waals surface area contributed by atoms with Crippen LogP contribution >= 0.6 is 0 Å². The number of hydrogen-bond acceptors (Lipinski definition) is 27. The second-order valence-corrected chi connectivity index (χ2v) is 26.7. The molecule has 4 aliphatic carbocycles. The summed E-state index contributed by atoms with van der Waals surface area (Å²) in [6, 6.07) is 0. The third kappa shape index (κ3) is 11.2. The highest BCUT2D eigenvalue weighted by molar-refractivity contribution is 5.26. The fraction of sp³-hybridized carbons (Fsp3) is 0.965. The Morgan fingerprint density at radius 3 is 1.79 bits per heavy atom. The highest BCUT2D eigenvalue weighted by atomic mass is 16.8. The summed E-state index contributed by atoms with van der Waals surface area (Å²) in [5.74, 6) is 2.15. The highest BCUT2D eigenvalue weighted by Gasteiger charge is 2.69. The van der Waals surface area contributed by atoms with Gasteiger partial charge in [-0.15, -0.1) is 0 Å². The summed E-state index contributed by atoms with van der Waals surface area (Å²) in [4.78, 5) is 0. The van der Waals surface area contributed by atoms with Crippen LogP contribution in [0.4, 0.5) is 0 Å². The number of fused-ring (bicyclic) bond motifs is 7. The molecule has 7 saturated heterocycles. The van der Waals surface area contributed by atoms with Gasteiger partial charge in [-0.1, -0.05) is 39.3 Å². The van der Waals surface area contributed by atoms with Crippen molar-refractivity contribution in [2.75, 3.05) is 33.0 Å². The molecule has 7 heterocycles. The van der Waals surface area contributed by atoms with E-state index in [1.165, 1.54) is 12.5 Å². The minimum absolute atomic E-state index is 0.124. The number of aliphatic hydroxyl groups is 15. The van der Waals surface area contributed by atoms with E-state index in [0.717, 1.165) is 51.6 Å².